The molecule has 2 unspecified atom stereocenters. The second kappa shape index (κ2) is 10.2. The van der Waals surface area contributed by atoms with E-state index in [2.05, 4.69) is 15.2 Å². The summed E-state index contributed by atoms with van der Waals surface area (Å²) >= 11 is 0. The fraction of sp³-hybridized carbons (Fsp3) is 0.600. The van der Waals surface area contributed by atoms with Gasteiger partial charge in [0.25, 0.3) is 0 Å². The molecule has 144 valence electrons. The molecule has 2 rings (SSSR count). The lowest BCUT2D eigenvalue weighted by molar-refractivity contribution is -0.149. The van der Waals surface area contributed by atoms with Crippen molar-refractivity contribution in [1.82, 2.24) is 10.2 Å². The zero-order chi connectivity index (χ0) is 18.9. The van der Waals surface area contributed by atoms with Crippen LogP contribution in [-0.2, 0) is 9.53 Å². The van der Waals surface area contributed by atoms with E-state index in [0.29, 0.717) is 13.2 Å². The number of hydrogen-bond donors (Lipinski definition) is 2. The maximum absolute atomic E-state index is 12.1. The number of carbonyl (C=O) groups is 1. The Hall–Kier alpha value is -2.08. The molecule has 1 aliphatic heterocycles. The molecular weight excluding hydrogens is 330 g/mol. The standard InChI is InChI=1S/C20H31N3O3/c1-4-21-20(22-13-18(24)16-10-8-15(3)9-11-16)23-12-6-7-17(14-23)19(25)26-5-2/h8-11,17-18,24H,4-7,12-14H2,1-3H3,(H,21,22). The number of nitrogens with one attached hydrogen (secondary N) is 1. The van der Waals surface area contributed by atoms with Gasteiger partial charge < -0.3 is 20.1 Å². The van der Waals surface area contributed by atoms with E-state index in [4.69, 9.17) is 4.74 Å². The van der Waals surface area contributed by atoms with Gasteiger partial charge in [0.05, 0.1) is 25.2 Å². The summed E-state index contributed by atoms with van der Waals surface area (Å²) in [7, 11) is 0. The molecule has 2 N–H and O–H groups in total. The second-order valence-electron chi connectivity index (χ2n) is 6.66. The van der Waals surface area contributed by atoms with Gasteiger partial charge in [0.2, 0.25) is 0 Å². The van der Waals surface area contributed by atoms with E-state index in [1.807, 2.05) is 45.0 Å². The Bertz CT molecular complexity index is 601. The molecule has 6 heteroatoms. The van der Waals surface area contributed by atoms with Crippen molar-refractivity contribution in [2.45, 2.75) is 39.7 Å². The Labute approximate surface area is 156 Å². The summed E-state index contributed by atoms with van der Waals surface area (Å²) < 4.78 is 5.17. The number of ether oxygens (including phenoxy) is 1. The van der Waals surface area contributed by atoms with E-state index < -0.39 is 6.10 Å². The van der Waals surface area contributed by atoms with Crippen molar-refractivity contribution in [3.63, 3.8) is 0 Å². The number of benzene rings is 1. The van der Waals surface area contributed by atoms with Gasteiger partial charge in [-0.15, -0.1) is 0 Å². The average Bonchev–Trinajstić information content (AvgIpc) is 2.65. The molecule has 0 aliphatic carbocycles. The first-order valence-corrected chi connectivity index (χ1v) is 9.49. The average molecular weight is 361 g/mol. The Morgan fingerprint density at radius 3 is 2.77 bits per heavy atom. The summed E-state index contributed by atoms with van der Waals surface area (Å²) in [5.74, 6) is 0.495. The van der Waals surface area contributed by atoms with Crippen molar-refractivity contribution in [2.75, 3.05) is 32.8 Å². The van der Waals surface area contributed by atoms with Crippen LogP contribution < -0.4 is 5.32 Å². The van der Waals surface area contributed by atoms with Crippen LogP contribution in [0.1, 0.15) is 43.9 Å². The zero-order valence-corrected chi connectivity index (χ0v) is 16.1. The molecule has 0 amide bonds. The van der Waals surface area contributed by atoms with Gasteiger partial charge in [-0.25, -0.2) is 0 Å². The number of rotatable bonds is 6. The summed E-state index contributed by atoms with van der Waals surface area (Å²) in [6.07, 6.45) is 1.13. The minimum atomic E-state index is -0.644. The van der Waals surface area contributed by atoms with Crippen molar-refractivity contribution in [3.8, 4) is 0 Å². The highest BCUT2D eigenvalue weighted by atomic mass is 16.5. The van der Waals surface area contributed by atoms with Gasteiger partial charge in [-0.3, -0.25) is 9.79 Å². The smallest absolute Gasteiger partial charge is 0.310 e. The van der Waals surface area contributed by atoms with Gasteiger partial charge in [-0.05, 0) is 39.2 Å². The molecule has 6 nitrogen and oxygen atoms in total. The number of guanidine groups is 1. The fourth-order valence-corrected chi connectivity index (χ4v) is 3.11. The Morgan fingerprint density at radius 1 is 1.38 bits per heavy atom. The monoisotopic (exact) mass is 361 g/mol. The van der Waals surface area contributed by atoms with Gasteiger partial charge in [0.1, 0.15) is 0 Å². The minimum Gasteiger partial charge on any atom is -0.466 e. The lowest BCUT2D eigenvalue weighted by Gasteiger charge is -2.34. The van der Waals surface area contributed by atoms with Crippen LogP contribution in [0.25, 0.3) is 0 Å². The number of nitrogens with zero attached hydrogens (tertiary/aromatic N) is 2. The van der Waals surface area contributed by atoms with Crippen molar-refractivity contribution in [3.05, 3.63) is 35.4 Å². The Kier molecular flexibility index (Phi) is 7.91. The highest BCUT2D eigenvalue weighted by Crippen LogP contribution is 2.19. The summed E-state index contributed by atoms with van der Waals surface area (Å²) in [5, 5.41) is 13.7. The van der Waals surface area contributed by atoms with Gasteiger partial charge in [0.15, 0.2) is 5.96 Å². The number of aryl methyl sites for hydroxylation is 1. The van der Waals surface area contributed by atoms with E-state index in [1.54, 1.807) is 0 Å². The van der Waals surface area contributed by atoms with Crippen molar-refractivity contribution < 1.29 is 14.6 Å². The van der Waals surface area contributed by atoms with Crippen molar-refractivity contribution >= 4 is 11.9 Å². The third-order valence-corrected chi connectivity index (χ3v) is 4.55. The normalized spacial score (nSPS) is 19.2. The summed E-state index contributed by atoms with van der Waals surface area (Å²) in [4.78, 5) is 18.8. The van der Waals surface area contributed by atoms with E-state index in [-0.39, 0.29) is 18.4 Å². The van der Waals surface area contributed by atoms with Gasteiger partial charge >= 0.3 is 5.97 Å². The molecule has 1 aliphatic rings. The maximum Gasteiger partial charge on any atom is 0.310 e. The maximum atomic E-state index is 12.1. The summed E-state index contributed by atoms with van der Waals surface area (Å²) in [5.41, 5.74) is 2.02. The lowest BCUT2D eigenvalue weighted by atomic mass is 9.98. The number of piperidine rings is 1. The number of likely N-dealkylation sites (tertiary alicyclic amines) is 1. The van der Waals surface area contributed by atoms with Crippen LogP contribution in [-0.4, -0.2) is 54.7 Å². The summed E-state index contributed by atoms with van der Waals surface area (Å²) in [6, 6.07) is 7.84. The van der Waals surface area contributed by atoms with Crippen LogP contribution in [0.2, 0.25) is 0 Å². The first-order valence-electron chi connectivity index (χ1n) is 9.49. The Morgan fingerprint density at radius 2 is 2.12 bits per heavy atom. The molecule has 0 saturated carbocycles. The SMILES string of the molecule is CCNC(=NCC(O)c1ccc(C)cc1)N1CCCC(C(=O)OCC)C1. The van der Waals surface area contributed by atoms with Crippen LogP contribution in [0.4, 0.5) is 0 Å². The number of esters is 1. The molecule has 1 aromatic rings. The highest BCUT2D eigenvalue weighted by molar-refractivity contribution is 5.81. The quantitative estimate of drug-likeness (QED) is 0.462. The third kappa shape index (κ3) is 5.73. The largest absolute Gasteiger partial charge is 0.466 e. The lowest BCUT2D eigenvalue weighted by Crippen LogP contribution is -2.48. The highest BCUT2D eigenvalue weighted by Gasteiger charge is 2.28. The predicted molar refractivity (Wildman–Crippen MR) is 103 cm³/mol. The van der Waals surface area contributed by atoms with Crippen molar-refractivity contribution in [2.24, 2.45) is 10.9 Å². The molecule has 0 bridgehead atoms. The van der Waals surface area contributed by atoms with Crippen LogP contribution in [0, 0.1) is 12.8 Å². The molecule has 2 atom stereocenters. The van der Waals surface area contributed by atoms with Crippen LogP contribution >= 0.6 is 0 Å². The van der Waals surface area contributed by atoms with Gasteiger partial charge in [-0.2, -0.15) is 0 Å². The number of aliphatic hydroxyl groups is 1. The van der Waals surface area contributed by atoms with E-state index in [9.17, 15) is 9.90 Å². The fourth-order valence-electron chi connectivity index (χ4n) is 3.11. The Balaban J connectivity index is 2.02. The molecule has 26 heavy (non-hydrogen) atoms. The molecule has 1 saturated heterocycles. The molecule has 0 radical (unpaired) electrons. The molecule has 1 heterocycles. The zero-order valence-electron chi connectivity index (χ0n) is 16.1. The molecule has 1 fully saturated rings. The van der Waals surface area contributed by atoms with Gasteiger partial charge in [-0.1, -0.05) is 29.8 Å². The molecular formula is C20H31N3O3. The number of hydrogen-bond acceptors (Lipinski definition) is 4. The van der Waals surface area contributed by atoms with Crippen LogP contribution in [0.15, 0.2) is 29.3 Å². The van der Waals surface area contributed by atoms with E-state index in [1.165, 1.54) is 0 Å². The molecule has 1 aromatic carbocycles. The first kappa shape index (κ1) is 20.2. The van der Waals surface area contributed by atoms with Crippen LogP contribution in [0.5, 0.6) is 0 Å². The third-order valence-electron chi connectivity index (χ3n) is 4.55. The summed E-state index contributed by atoms with van der Waals surface area (Å²) in [6.45, 7) is 8.75. The first-order chi connectivity index (χ1) is 12.5. The van der Waals surface area contributed by atoms with Gasteiger partial charge in [0, 0.05) is 19.6 Å². The topological polar surface area (TPSA) is 74.2 Å². The van der Waals surface area contributed by atoms with E-state index >= 15 is 0 Å². The number of aliphatic hydroxyl groups excluding tert-OH is 1. The number of aliphatic imine (C=N–C) groups is 1. The minimum absolute atomic E-state index is 0.116. The molecule has 0 spiro atoms. The second-order valence-corrected chi connectivity index (χ2v) is 6.66. The molecule has 0 aromatic heterocycles. The van der Waals surface area contributed by atoms with E-state index in [0.717, 1.165) is 43.0 Å². The number of carbonyl (C=O) groups excluding carboxylic acids is 1. The predicted octanol–water partition coefficient (Wildman–Crippen LogP) is 2.27. The van der Waals surface area contributed by atoms with Crippen molar-refractivity contribution in [1.29, 1.82) is 0 Å². The van der Waals surface area contributed by atoms with Crippen LogP contribution in [0.3, 0.4) is 0 Å².